The smallest absolute Gasteiger partial charge is 0.204 e. The number of ketones is 1. The fourth-order valence-electron chi connectivity index (χ4n) is 2.68. The predicted molar refractivity (Wildman–Crippen MR) is 83.0 cm³/mol. The predicted octanol–water partition coefficient (Wildman–Crippen LogP) is 1.79. The Morgan fingerprint density at radius 2 is 1.75 bits per heavy atom. The molecule has 1 aliphatic rings. The number of carbonyl (C=O) groups excluding carboxylic acids is 1. The third-order valence-corrected chi connectivity index (χ3v) is 3.89. The van der Waals surface area contributed by atoms with Crippen molar-refractivity contribution in [2.45, 2.75) is 12.2 Å². The number of hydrogen-bond donors (Lipinski definition) is 3. The Bertz CT molecular complexity index is 783. The minimum absolute atomic E-state index is 0.0107. The van der Waals surface area contributed by atoms with Crippen LogP contribution in [0.3, 0.4) is 0 Å². The molecule has 0 saturated heterocycles. The Kier molecular flexibility index (Phi) is 3.94. The summed E-state index contributed by atoms with van der Waals surface area (Å²) in [6.45, 7) is 0. The van der Waals surface area contributed by atoms with Gasteiger partial charge in [0.2, 0.25) is 11.5 Å². The van der Waals surface area contributed by atoms with Gasteiger partial charge in [0.25, 0.3) is 0 Å². The molecule has 1 aliphatic heterocycles. The van der Waals surface area contributed by atoms with Crippen LogP contribution in [0.4, 0.5) is 0 Å². The number of benzene rings is 2. The molecule has 0 aromatic heterocycles. The molecule has 7 nitrogen and oxygen atoms in total. The third kappa shape index (κ3) is 2.39. The number of carbonyl (C=O) groups is 1. The van der Waals surface area contributed by atoms with Crippen molar-refractivity contribution in [3.05, 3.63) is 41.5 Å². The summed E-state index contributed by atoms with van der Waals surface area (Å²) in [4.78, 5) is 12.5. The van der Waals surface area contributed by atoms with Gasteiger partial charge in [-0.1, -0.05) is 12.1 Å². The van der Waals surface area contributed by atoms with Gasteiger partial charge in [-0.25, -0.2) is 0 Å². The monoisotopic (exact) mass is 332 g/mol. The highest BCUT2D eigenvalue weighted by Gasteiger charge is 2.40. The van der Waals surface area contributed by atoms with Gasteiger partial charge in [0.05, 0.1) is 14.2 Å². The molecule has 0 amide bonds. The first kappa shape index (κ1) is 15.9. The largest absolute Gasteiger partial charge is 0.508 e. The molecule has 2 unspecified atom stereocenters. The van der Waals surface area contributed by atoms with E-state index in [0.29, 0.717) is 5.56 Å². The number of aliphatic hydroxyl groups is 1. The molecular formula is C17H16O7. The van der Waals surface area contributed by atoms with Crippen LogP contribution in [0.1, 0.15) is 22.0 Å². The van der Waals surface area contributed by atoms with Crippen molar-refractivity contribution in [3.63, 3.8) is 0 Å². The van der Waals surface area contributed by atoms with Crippen molar-refractivity contribution in [1.82, 2.24) is 0 Å². The molecule has 0 aliphatic carbocycles. The van der Waals surface area contributed by atoms with E-state index in [-0.39, 0.29) is 28.6 Å². The Balaban J connectivity index is 2.11. The van der Waals surface area contributed by atoms with Crippen molar-refractivity contribution in [3.8, 4) is 28.7 Å². The molecule has 0 radical (unpaired) electrons. The van der Waals surface area contributed by atoms with Crippen molar-refractivity contribution < 1.29 is 34.3 Å². The van der Waals surface area contributed by atoms with Gasteiger partial charge < -0.3 is 29.5 Å². The summed E-state index contributed by atoms with van der Waals surface area (Å²) in [5.41, 5.74) is 0.351. The maximum Gasteiger partial charge on any atom is 0.204 e. The molecule has 0 saturated carbocycles. The number of methoxy groups -OCH3 is 2. The Hall–Kier alpha value is -2.93. The summed E-state index contributed by atoms with van der Waals surface area (Å²) in [6, 6.07) is 7.37. The lowest BCUT2D eigenvalue weighted by atomic mass is 9.92. The van der Waals surface area contributed by atoms with Crippen LogP contribution < -0.4 is 14.2 Å². The quantitative estimate of drug-likeness (QED) is 0.787. The molecule has 2 aromatic rings. The standard InChI is InChI=1S/C17H16O7/c1-22-11-7-10-12(14(20)17(11)23-2)13(19)15(21)16(24-10)8-3-5-9(18)6-4-8/h3-7,15-16,18,20-21H,1-2H3. The first-order valence-electron chi connectivity index (χ1n) is 7.13. The van der Waals surface area contributed by atoms with Crippen LogP contribution in [-0.2, 0) is 0 Å². The molecular weight excluding hydrogens is 316 g/mol. The number of Topliss-reactive ketones (excluding diaryl/α,β-unsaturated/α-hetero) is 1. The molecule has 2 aromatic carbocycles. The average molecular weight is 332 g/mol. The highest BCUT2D eigenvalue weighted by molar-refractivity contribution is 6.06. The van der Waals surface area contributed by atoms with E-state index in [0.717, 1.165) is 0 Å². The number of aliphatic hydroxyl groups excluding tert-OH is 1. The van der Waals surface area contributed by atoms with Gasteiger partial charge in [-0.15, -0.1) is 0 Å². The number of phenols is 2. The second kappa shape index (κ2) is 5.93. The van der Waals surface area contributed by atoms with E-state index in [2.05, 4.69) is 0 Å². The normalized spacial score (nSPS) is 19.4. The van der Waals surface area contributed by atoms with E-state index in [4.69, 9.17) is 14.2 Å². The lowest BCUT2D eigenvalue weighted by Gasteiger charge is -2.30. The lowest BCUT2D eigenvalue weighted by molar-refractivity contribution is 0.0209. The van der Waals surface area contributed by atoms with Crippen molar-refractivity contribution >= 4 is 5.78 Å². The van der Waals surface area contributed by atoms with Gasteiger partial charge in [-0.05, 0) is 17.7 Å². The Morgan fingerprint density at radius 1 is 1.08 bits per heavy atom. The molecule has 126 valence electrons. The second-order valence-electron chi connectivity index (χ2n) is 5.27. The van der Waals surface area contributed by atoms with Gasteiger partial charge in [-0.3, -0.25) is 4.79 Å². The first-order chi connectivity index (χ1) is 11.5. The van der Waals surface area contributed by atoms with Crippen molar-refractivity contribution in [2.24, 2.45) is 0 Å². The highest BCUT2D eigenvalue weighted by Crippen LogP contribution is 2.48. The summed E-state index contributed by atoms with van der Waals surface area (Å²) >= 11 is 0. The van der Waals surface area contributed by atoms with E-state index < -0.39 is 23.7 Å². The zero-order valence-corrected chi connectivity index (χ0v) is 13.0. The second-order valence-corrected chi connectivity index (χ2v) is 5.27. The number of hydrogen-bond acceptors (Lipinski definition) is 7. The third-order valence-electron chi connectivity index (χ3n) is 3.89. The summed E-state index contributed by atoms with van der Waals surface area (Å²) in [5, 5.41) is 29.9. The molecule has 0 fully saturated rings. The summed E-state index contributed by atoms with van der Waals surface area (Å²) < 4.78 is 15.9. The van der Waals surface area contributed by atoms with E-state index >= 15 is 0 Å². The van der Waals surface area contributed by atoms with Crippen LogP contribution in [0.25, 0.3) is 0 Å². The Labute approximate surface area is 137 Å². The van der Waals surface area contributed by atoms with Gasteiger partial charge >= 0.3 is 0 Å². The van der Waals surface area contributed by atoms with Gasteiger partial charge in [0, 0.05) is 6.07 Å². The van der Waals surface area contributed by atoms with E-state index in [1.807, 2.05) is 0 Å². The van der Waals surface area contributed by atoms with Crippen LogP contribution in [0.15, 0.2) is 30.3 Å². The number of phenolic OH excluding ortho intramolecular Hbond substituents is 2. The average Bonchev–Trinajstić information content (AvgIpc) is 2.58. The lowest BCUT2D eigenvalue weighted by Crippen LogP contribution is -2.36. The highest BCUT2D eigenvalue weighted by atomic mass is 16.5. The van der Waals surface area contributed by atoms with Crippen LogP contribution >= 0.6 is 0 Å². The summed E-state index contributed by atoms with van der Waals surface area (Å²) in [7, 11) is 2.72. The maximum atomic E-state index is 12.5. The molecule has 2 atom stereocenters. The van der Waals surface area contributed by atoms with Crippen LogP contribution in [0.5, 0.6) is 28.7 Å². The minimum atomic E-state index is -1.51. The Morgan fingerprint density at radius 3 is 2.33 bits per heavy atom. The van der Waals surface area contributed by atoms with Crippen molar-refractivity contribution in [2.75, 3.05) is 14.2 Å². The zero-order chi connectivity index (χ0) is 17.4. The number of aromatic hydroxyl groups is 2. The molecule has 7 heteroatoms. The summed E-state index contributed by atoms with van der Waals surface area (Å²) in [5.74, 6) is -0.808. The van der Waals surface area contributed by atoms with E-state index in [1.165, 1.54) is 32.4 Å². The fraction of sp³-hybridized carbons (Fsp3) is 0.235. The fourth-order valence-corrected chi connectivity index (χ4v) is 2.68. The van der Waals surface area contributed by atoms with Gasteiger partial charge in [-0.2, -0.15) is 0 Å². The molecule has 3 N–H and O–H groups in total. The van der Waals surface area contributed by atoms with Crippen LogP contribution in [0, 0.1) is 0 Å². The number of fused-ring (bicyclic) bond motifs is 1. The zero-order valence-electron chi connectivity index (χ0n) is 13.0. The number of ether oxygens (including phenoxy) is 3. The van der Waals surface area contributed by atoms with Crippen LogP contribution in [-0.4, -0.2) is 41.4 Å². The first-order valence-corrected chi connectivity index (χ1v) is 7.13. The molecule has 0 spiro atoms. The molecule has 1 heterocycles. The van der Waals surface area contributed by atoms with E-state index in [9.17, 15) is 20.1 Å². The minimum Gasteiger partial charge on any atom is -0.508 e. The maximum absolute atomic E-state index is 12.5. The molecule has 24 heavy (non-hydrogen) atoms. The van der Waals surface area contributed by atoms with E-state index in [1.54, 1.807) is 12.1 Å². The number of rotatable bonds is 3. The topological polar surface area (TPSA) is 105 Å². The van der Waals surface area contributed by atoms with Crippen LogP contribution in [0.2, 0.25) is 0 Å². The summed E-state index contributed by atoms with van der Waals surface area (Å²) in [6.07, 6.45) is -2.48. The molecule has 3 rings (SSSR count). The molecule has 0 bridgehead atoms. The van der Waals surface area contributed by atoms with Gasteiger partial charge in [0.15, 0.2) is 23.7 Å². The SMILES string of the molecule is COc1cc2c(c(O)c1OC)C(=O)C(O)C(c1ccc(O)cc1)O2. The van der Waals surface area contributed by atoms with Crippen molar-refractivity contribution in [1.29, 1.82) is 0 Å². The van der Waals surface area contributed by atoms with Gasteiger partial charge in [0.1, 0.15) is 17.1 Å².